The van der Waals surface area contributed by atoms with E-state index in [1.165, 1.54) is 17.0 Å². The fourth-order valence-corrected chi connectivity index (χ4v) is 8.17. The SMILES string of the molecule is C=C[C@@H]1C[C@]1(NC(=O)[C@@H]1C[C@@H](Oc2nccc3cc(OC)ccc23)CN1C(=O)[C@@H](NC(=O)OC(C)(C)C)C(C)(C)C)C(=O)NS(=O)(=O)c1cccs1. The summed E-state index contributed by atoms with van der Waals surface area (Å²) in [6, 6.07) is 7.80. The minimum absolute atomic E-state index is 0.000947. The molecule has 280 valence electrons. The lowest BCUT2D eigenvalue weighted by atomic mass is 9.85. The summed E-state index contributed by atoms with van der Waals surface area (Å²) >= 11 is 0.943. The van der Waals surface area contributed by atoms with E-state index in [-0.39, 0.29) is 29.5 Å². The van der Waals surface area contributed by atoms with Crippen LogP contribution in [0.2, 0.25) is 0 Å². The van der Waals surface area contributed by atoms with Crippen molar-refractivity contribution < 1.29 is 41.8 Å². The van der Waals surface area contributed by atoms with E-state index < -0.39 is 74.5 Å². The van der Waals surface area contributed by atoms with Gasteiger partial charge < -0.3 is 29.7 Å². The molecule has 1 saturated heterocycles. The number of rotatable bonds is 11. The van der Waals surface area contributed by atoms with Gasteiger partial charge in [0.1, 0.15) is 39.3 Å². The zero-order chi connectivity index (χ0) is 38.2. The Morgan fingerprint density at radius 2 is 1.85 bits per heavy atom. The van der Waals surface area contributed by atoms with Crippen LogP contribution >= 0.6 is 11.3 Å². The summed E-state index contributed by atoms with van der Waals surface area (Å²) < 4.78 is 45.1. The molecule has 0 bridgehead atoms. The molecule has 16 heteroatoms. The van der Waals surface area contributed by atoms with Crippen LogP contribution in [0.5, 0.6) is 11.6 Å². The predicted octanol–water partition coefficient (Wildman–Crippen LogP) is 4.16. The van der Waals surface area contributed by atoms with E-state index in [2.05, 4.69) is 26.9 Å². The lowest BCUT2D eigenvalue weighted by Crippen LogP contribution is -2.60. The van der Waals surface area contributed by atoms with Crippen molar-refractivity contribution in [3.63, 3.8) is 0 Å². The van der Waals surface area contributed by atoms with Gasteiger partial charge in [0.25, 0.3) is 15.9 Å². The second-order valence-corrected chi connectivity index (χ2v) is 17.9. The highest BCUT2D eigenvalue weighted by Gasteiger charge is 2.61. The number of carbonyl (C=O) groups excluding carboxylic acids is 4. The third-order valence-electron chi connectivity index (χ3n) is 8.87. The van der Waals surface area contributed by atoms with E-state index in [1.54, 1.807) is 84.5 Å². The van der Waals surface area contributed by atoms with E-state index in [1.807, 2.05) is 6.07 Å². The number of alkyl carbamates (subject to hydrolysis) is 1. The van der Waals surface area contributed by atoms with E-state index in [9.17, 15) is 27.6 Å². The van der Waals surface area contributed by atoms with Crippen molar-refractivity contribution >= 4 is 55.9 Å². The number of aromatic nitrogens is 1. The molecule has 5 atom stereocenters. The molecule has 0 spiro atoms. The van der Waals surface area contributed by atoms with Gasteiger partial charge in [-0.1, -0.05) is 32.9 Å². The van der Waals surface area contributed by atoms with Crippen LogP contribution < -0.4 is 24.8 Å². The third kappa shape index (κ3) is 8.33. The van der Waals surface area contributed by atoms with Gasteiger partial charge in [-0.2, -0.15) is 0 Å². The van der Waals surface area contributed by atoms with Crippen molar-refractivity contribution in [2.75, 3.05) is 13.7 Å². The number of sulfonamides is 1. The van der Waals surface area contributed by atoms with Crippen molar-refractivity contribution in [1.82, 2.24) is 25.2 Å². The van der Waals surface area contributed by atoms with Gasteiger partial charge in [-0.25, -0.2) is 22.9 Å². The molecule has 2 fully saturated rings. The van der Waals surface area contributed by atoms with Gasteiger partial charge in [0, 0.05) is 23.9 Å². The van der Waals surface area contributed by atoms with Crippen molar-refractivity contribution in [3.8, 4) is 11.6 Å². The molecule has 1 aromatic carbocycles. The molecule has 2 aromatic heterocycles. The fraction of sp³-hybridized carbons (Fsp3) is 0.472. The van der Waals surface area contributed by atoms with Gasteiger partial charge in [-0.05, 0) is 73.7 Å². The Morgan fingerprint density at radius 3 is 2.44 bits per heavy atom. The predicted molar refractivity (Wildman–Crippen MR) is 194 cm³/mol. The summed E-state index contributed by atoms with van der Waals surface area (Å²) in [5.74, 6) is -1.84. The number of thiophene rings is 1. The van der Waals surface area contributed by atoms with Crippen molar-refractivity contribution in [3.05, 3.63) is 60.6 Å². The number of benzene rings is 1. The van der Waals surface area contributed by atoms with Gasteiger partial charge in [0.05, 0.1) is 13.7 Å². The maximum Gasteiger partial charge on any atom is 0.408 e. The van der Waals surface area contributed by atoms with E-state index in [0.29, 0.717) is 11.1 Å². The smallest absolute Gasteiger partial charge is 0.408 e. The topological polar surface area (TPSA) is 182 Å². The number of nitrogens with one attached hydrogen (secondary N) is 3. The fourth-order valence-electron chi connectivity index (χ4n) is 6.14. The number of hydrogen-bond donors (Lipinski definition) is 3. The lowest BCUT2D eigenvalue weighted by molar-refractivity contribution is -0.143. The van der Waals surface area contributed by atoms with E-state index >= 15 is 0 Å². The maximum absolute atomic E-state index is 14.5. The zero-order valence-electron chi connectivity index (χ0n) is 30.2. The largest absolute Gasteiger partial charge is 0.497 e. The van der Waals surface area contributed by atoms with Crippen LogP contribution in [0.4, 0.5) is 4.79 Å². The molecule has 3 heterocycles. The molecular weight excluding hydrogens is 711 g/mol. The molecule has 0 radical (unpaired) electrons. The quantitative estimate of drug-likeness (QED) is 0.241. The van der Waals surface area contributed by atoms with Crippen LogP contribution in [0.15, 0.2) is 64.8 Å². The molecule has 1 aliphatic carbocycles. The average Bonchev–Trinajstić information content (AvgIpc) is 3.37. The number of ether oxygens (including phenoxy) is 3. The Kier molecular flexibility index (Phi) is 10.7. The molecular formula is C36H45N5O9S2. The number of nitrogens with zero attached hydrogens (tertiary/aromatic N) is 2. The second-order valence-electron chi connectivity index (χ2n) is 15.0. The summed E-state index contributed by atoms with van der Waals surface area (Å²) in [6.07, 6.45) is 1.61. The number of carbonyl (C=O) groups is 4. The van der Waals surface area contributed by atoms with Crippen LogP contribution in [0.1, 0.15) is 54.4 Å². The Labute approximate surface area is 307 Å². The Bertz CT molecular complexity index is 1970. The second kappa shape index (κ2) is 14.4. The zero-order valence-corrected chi connectivity index (χ0v) is 31.9. The van der Waals surface area contributed by atoms with Crippen LogP contribution in [-0.2, 0) is 29.1 Å². The average molecular weight is 756 g/mol. The number of likely N-dealkylation sites (tertiary alicyclic amines) is 1. The van der Waals surface area contributed by atoms with Gasteiger partial charge in [0.15, 0.2) is 0 Å². The molecule has 3 N–H and O–H groups in total. The first-order valence-electron chi connectivity index (χ1n) is 16.7. The summed E-state index contributed by atoms with van der Waals surface area (Å²) in [6.45, 7) is 14.1. The van der Waals surface area contributed by atoms with Gasteiger partial charge in [-0.3, -0.25) is 14.4 Å². The molecule has 2 aliphatic rings. The monoisotopic (exact) mass is 755 g/mol. The number of methoxy groups -OCH3 is 1. The lowest BCUT2D eigenvalue weighted by Gasteiger charge is -2.36. The molecule has 3 aromatic rings. The molecule has 4 amide bonds. The maximum atomic E-state index is 14.5. The van der Waals surface area contributed by atoms with Crippen LogP contribution in [-0.4, -0.2) is 85.1 Å². The Balaban J connectivity index is 1.45. The molecule has 1 aliphatic heterocycles. The number of fused-ring (bicyclic) bond motifs is 1. The van der Waals surface area contributed by atoms with Crippen LogP contribution in [0.25, 0.3) is 10.8 Å². The normalized spacial score (nSPS) is 22.2. The number of hydrogen-bond acceptors (Lipinski definition) is 11. The molecule has 52 heavy (non-hydrogen) atoms. The third-order valence-corrected chi connectivity index (χ3v) is 11.6. The standard InChI is InChI=1S/C36H45N5O9S2/c1-9-22-19-36(22,32(44)40-52(46,47)27-11-10-16-51-27)39-29(42)26-18-24(49-30-25-13-12-23(48-8)17-21(25)14-15-37-30)20-41(26)31(43)28(34(2,3)4)38-33(45)50-35(5,6)7/h9-17,22,24,26,28H,1,18-20H2,2-8H3,(H,38,45)(H,39,42)(H,40,44)/t22-,24-,26+,28-,36-/m1/s1. The van der Waals surface area contributed by atoms with Crippen LogP contribution in [0, 0.1) is 11.3 Å². The van der Waals surface area contributed by atoms with Crippen LogP contribution in [0.3, 0.4) is 0 Å². The van der Waals surface area contributed by atoms with Crippen molar-refractivity contribution in [1.29, 1.82) is 0 Å². The molecule has 0 unspecified atom stereocenters. The van der Waals surface area contributed by atoms with E-state index in [0.717, 1.165) is 16.7 Å². The Hall–Kier alpha value is -4.70. The number of amides is 4. The molecule has 1 saturated carbocycles. The molecule has 14 nitrogen and oxygen atoms in total. The summed E-state index contributed by atoms with van der Waals surface area (Å²) in [5, 5.41) is 8.51. The highest BCUT2D eigenvalue weighted by Crippen LogP contribution is 2.45. The molecule has 5 rings (SSSR count). The Morgan fingerprint density at radius 1 is 1.12 bits per heavy atom. The summed E-state index contributed by atoms with van der Waals surface area (Å²) in [4.78, 5) is 61.0. The highest BCUT2D eigenvalue weighted by atomic mass is 32.2. The summed E-state index contributed by atoms with van der Waals surface area (Å²) in [7, 11) is -2.64. The van der Waals surface area contributed by atoms with Gasteiger partial charge in [-0.15, -0.1) is 17.9 Å². The first kappa shape index (κ1) is 38.5. The number of pyridine rings is 1. The van der Waals surface area contributed by atoms with Gasteiger partial charge in [0.2, 0.25) is 17.7 Å². The van der Waals surface area contributed by atoms with Crippen molar-refractivity contribution in [2.45, 2.75) is 87.9 Å². The first-order chi connectivity index (χ1) is 24.3. The summed E-state index contributed by atoms with van der Waals surface area (Å²) in [5.41, 5.74) is -3.28. The minimum Gasteiger partial charge on any atom is -0.497 e. The van der Waals surface area contributed by atoms with Crippen molar-refractivity contribution in [2.24, 2.45) is 11.3 Å². The minimum atomic E-state index is -4.21. The first-order valence-corrected chi connectivity index (χ1v) is 19.1. The van der Waals surface area contributed by atoms with E-state index in [4.69, 9.17) is 14.2 Å². The van der Waals surface area contributed by atoms with Gasteiger partial charge >= 0.3 is 6.09 Å². The highest BCUT2D eigenvalue weighted by molar-refractivity contribution is 7.92.